The van der Waals surface area contributed by atoms with Crippen molar-refractivity contribution >= 4 is 17.3 Å². The lowest BCUT2D eigenvalue weighted by atomic mass is 9.76. The summed E-state index contributed by atoms with van der Waals surface area (Å²) in [4.78, 5) is 2.45. The van der Waals surface area contributed by atoms with Crippen LogP contribution in [0.5, 0.6) is 0 Å². The van der Waals surface area contributed by atoms with E-state index in [1.807, 2.05) is 12.1 Å². The molecule has 122 valence electrons. The van der Waals surface area contributed by atoms with Gasteiger partial charge in [0, 0.05) is 35.9 Å². The summed E-state index contributed by atoms with van der Waals surface area (Å²) < 4.78 is 0. The molecular formula is C18H27ClN2O. The van der Waals surface area contributed by atoms with Gasteiger partial charge in [-0.1, -0.05) is 18.5 Å². The van der Waals surface area contributed by atoms with Gasteiger partial charge >= 0.3 is 0 Å². The van der Waals surface area contributed by atoms with Crippen molar-refractivity contribution in [3.05, 3.63) is 29.3 Å². The van der Waals surface area contributed by atoms with Gasteiger partial charge in [0.25, 0.3) is 0 Å². The molecule has 1 aliphatic carbocycles. The first kappa shape index (κ1) is 16.1. The largest absolute Gasteiger partial charge is 0.393 e. The predicted molar refractivity (Wildman–Crippen MR) is 92.6 cm³/mol. The number of hydrogen-bond acceptors (Lipinski definition) is 3. The molecular weight excluding hydrogens is 296 g/mol. The van der Waals surface area contributed by atoms with Crippen molar-refractivity contribution in [3.63, 3.8) is 0 Å². The Morgan fingerprint density at radius 3 is 2.41 bits per heavy atom. The molecule has 3 nitrogen and oxygen atoms in total. The minimum Gasteiger partial charge on any atom is -0.393 e. The maximum atomic E-state index is 9.51. The van der Waals surface area contributed by atoms with E-state index >= 15 is 0 Å². The Morgan fingerprint density at radius 1 is 1.23 bits per heavy atom. The number of aliphatic hydroxyl groups excluding tert-OH is 1. The molecule has 0 amide bonds. The highest BCUT2D eigenvalue weighted by Crippen LogP contribution is 2.32. The highest BCUT2D eigenvalue weighted by atomic mass is 35.5. The van der Waals surface area contributed by atoms with Gasteiger partial charge in [-0.15, -0.1) is 0 Å². The number of piperidine rings is 1. The van der Waals surface area contributed by atoms with Gasteiger partial charge in [0.15, 0.2) is 0 Å². The van der Waals surface area contributed by atoms with Crippen molar-refractivity contribution in [2.45, 2.75) is 57.2 Å². The van der Waals surface area contributed by atoms with Crippen molar-refractivity contribution < 1.29 is 5.11 Å². The molecule has 2 N–H and O–H groups in total. The quantitative estimate of drug-likeness (QED) is 0.871. The fourth-order valence-electron chi connectivity index (χ4n) is 3.80. The Balaban J connectivity index is 1.48. The average Bonchev–Trinajstić information content (AvgIpc) is 2.51. The first-order valence-corrected chi connectivity index (χ1v) is 8.98. The van der Waals surface area contributed by atoms with Crippen molar-refractivity contribution in [1.82, 2.24) is 5.32 Å². The molecule has 1 saturated carbocycles. The summed E-state index contributed by atoms with van der Waals surface area (Å²) in [6, 6.07) is 9.36. The number of benzene rings is 1. The minimum atomic E-state index is -0.0485. The SMILES string of the molecule is CCC(NC1CCN(c2ccc(Cl)cc2)CC1)C1CC(O)C1. The second-order valence-corrected chi connectivity index (χ2v) is 7.24. The summed E-state index contributed by atoms with van der Waals surface area (Å²) in [6.07, 6.45) is 5.45. The van der Waals surface area contributed by atoms with Gasteiger partial charge in [-0.3, -0.25) is 0 Å². The van der Waals surface area contributed by atoms with Crippen LogP contribution >= 0.6 is 11.6 Å². The molecule has 1 heterocycles. The van der Waals surface area contributed by atoms with Crippen molar-refractivity contribution in [1.29, 1.82) is 0 Å². The third-order valence-electron chi connectivity index (χ3n) is 5.30. The molecule has 0 aromatic heterocycles. The number of nitrogens with one attached hydrogen (secondary N) is 1. The van der Waals surface area contributed by atoms with Gasteiger partial charge in [-0.25, -0.2) is 0 Å². The van der Waals surface area contributed by atoms with E-state index in [1.165, 1.54) is 18.5 Å². The summed E-state index contributed by atoms with van der Waals surface area (Å²) in [5.74, 6) is 0.675. The zero-order valence-corrected chi connectivity index (χ0v) is 14.1. The molecule has 0 spiro atoms. The lowest BCUT2D eigenvalue weighted by Crippen LogP contribution is -2.51. The molecule has 2 aliphatic rings. The molecule has 1 saturated heterocycles. The smallest absolute Gasteiger partial charge is 0.0546 e. The van der Waals surface area contributed by atoms with Crippen LogP contribution in [0.25, 0.3) is 0 Å². The minimum absolute atomic E-state index is 0.0485. The summed E-state index contributed by atoms with van der Waals surface area (Å²) in [5, 5.41) is 14.2. The van der Waals surface area contributed by atoms with Crippen molar-refractivity contribution in [3.8, 4) is 0 Å². The molecule has 3 rings (SSSR count). The highest BCUT2D eigenvalue weighted by Gasteiger charge is 2.34. The van der Waals surface area contributed by atoms with E-state index < -0.39 is 0 Å². The van der Waals surface area contributed by atoms with Crippen LogP contribution in [0.2, 0.25) is 5.02 Å². The zero-order chi connectivity index (χ0) is 15.5. The van der Waals surface area contributed by atoms with E-state index in [4.69, 9.17) is 11.6 Å². The number of rotatable bonds is 5. The van der Waals surface area contributed by atoms with E-state index in [-0.39, 0.29) is 6.10 Å². The maximum absolute atomic E-state index is 9.51. The van der Waals surface area contributed by atoms with E-state index in [2.05, 4.69) is 29.3 Å². The van der Waals surface area contributed by atoms with Gasteiger partial charge in [0.2, 0.25) is 0 Å². The number of halogens is 1. The lowest BCUT2D eigenvalue weighted by molar-refractivity contribution is 0.0209. The molecule has 1 atom stereocenters. The molecule has 1 aliphatic heterocycles. The van der Waals surface area contributed by atoms with Gasteiger partial charge in [-0.2, -0.15) is 0 Å². The van der Waals surface area contributed by atoms with Crippen molar-refractivity contribution in [2.75, 3.05) is 18.0 Å². The topological polar surface area (TPSA) is 35.5 Å². The molecule has 1 aromatic rings. The Labute approximate surface area is 138 Å². The van der Waals surface area contributed by atoms with Crippen LogP contribution in [-0.2, 0) is 0 Å². The molecule has 2 fully saturated rings. The lowest BCUT2D eigenvalue weighted by Gasteiger charge is -2.41. The maximum Gasteiger partial charge on any atom is 0.0546 e. The zero-order valence-electron chi connectivity index (χ0n) is 13.3. The van der Waals surface area contributed by atoms with Crippen LogP contribution in [-0.4, -0.2) is 36.4 Å². The van der Waals surface area contributed by atoms with E-state index in [0.29, 0.717) is 18.0 Å². The Kier molecular flexibility index (Phi) is 5.27. The van der Waals surface area contributed by atoms with Crippen LogP contribution < -0.4 is 10.2 Å². The fraction of sp³-hybridized carbons (Fsp3) is 0.667. The number of aliphatic hydroxyl groups is 1. The second-order valence-electron chi connectivity index (χ2n) is 6.80. The molecule has 1 unspecified atom stereocenters. The van der Waals surface area contributed by atoms with Crippen LogP contribution in [0.1, 0.15) is 39.0 Å². The second kappa shape index (κ2) is 7.20. The molecule has 0 radical (unpaired) electrons. The van der Waals surface area contributed by atoms with Crippen molar-refractivity contribution in [2.24, 2.45) is 5.92 Å². The average molecular weight is 323 g/mol. The van der Waals surface area contributed by atoms with E-state index in [0.717, 1.165) is 37.4 Å². The van der Waals surface area contributed by atoms with Crippen LogP contribution in [0.3, 0.4) is 0 Å². The third-order valence-corrected chi connectivity index (χ3v) is 5.55. The molecule has 0 bridgehead atoms. The fourth-order valence-corrected chi connectivity index (χ4v) is 3.93. The standard InChI is InChI=1S/C18H27ClN2O/c1-2-18(13-11-17(22)12-13)20-15-7-9-21(10-8-15)16-5-3-14(19)4-6-16/h3-6,13,15,17-18,20,22H,2,7-12H2,1H3. The first-order valence-electron chi connectivity index (χ1n) is 8.60. The summed E-state index contributed by atoms with van der Waals surface area (Å²) in [5.41, 5.74) is 1.28. The van der Waals surface area contributed by atoms with Gasteiger partial charge in [0.05, 0.1) is 6.10 Å². The predicted octanol–water partition coefficient (Wildman–Crippen LogP) is 3.45. The number of hydrogen-bond donors (Lipinski definition) is 2. The summed E-state index contributed by atoms with van der Waals surface area (Å²) in [6.45, 7) is 4.46. The van der Waals surface area contributed by atoms with Crippen LogP contribution in [0, 0.1) is 5.92 Å². The molecule has 4 heteroatoms. The van der Waals surface area contributed by atoms with Gasteiger partial charge in [-0.05, 0) is 62.3 Å². The highest BCUT2D eigenvalue weighted by molar-refractivity contribution is 6.30. The van der Waals surface area contributed by atoms with E-state index in [9.17, 15) is 5.11 Å². The van der Waals surface area contributed by atoms with Crippen LogP contribution in [0.15, 0.2) is 24.3 Å². The monoisotopic (exact) mass is 322 g/mol. The molecule has 1 aromatic carbocycles. The Morgan fingerprint density at radius 2 is 1.86 bits per heavy atom. The summed E-state index contributed by atoms with van der Waals surface area (Å²) in [7, 11) is 0. The number of nitrogens with zero attached hydrogens (tertiary/aromatic N) is 1. The third kappa shape index (κ3) is 3.76. The normalized spacial score (nSPS) is 27.5. The molecule has 22 heavy (non-hydrogen) atoms. The first-order chi connectivity index (χ1) is 10.7. The number of anilines is 1. The Hall–Kier alpha value is -0.770. The van der Waals surface area contributed by atoms with Gasteiger partial charge in [0.1, 0.15) is 0 Å². The van der Waals surface area contributed by atoms with Gasteiger partial charge < -0.3 is 15.3 Å². The van der Waals surface area contributed by atoms with E-state index in [1.54, 1.807) is 0 Å². The van der Waals surface area contributed by atoms with Crippen LogP contribution in [0.4, 0.5) is 5.69 Å². The Bertz CT molecular complexity index is 464. The summed E-state index contributed by atoms with van der Waals surface area (Å²) >= 11 is 5.96.